The van der Waals surface area contributed by atoms with Crippen molar-refractivity contribution in [3.05, 3.63) is 60.3 Å². The Morgan fingerprint density at radius 3 is 1.93 bits per heavy atom. The molecule has 0 aliphatic heterocycles. The van der Waals surface area contributed by atoms with Gasteiger partial charge < -0.3 is 4.74 Å². The Balaban J connectivity index is 3.49. The van der Waals surface area contributed by atoms with Crippen molar-refractivity contribution < 1.29 is 9.53 Å². The van der Waals surface area contributed by atoms with Crippen molar-refractivity contribution in [2.24, 2.45) is 0 Å². The van der Waals surface area contributed by atoms with Crippen molar-refractivity contribution in [3.8, 4) is 0 Å². The number of hydrogen-bond acceptors (Lipinski definition) is 2. The molecule has 152 valence electrons. The summed E-state index contributed by atoms with van der Waals surface area (Å²) in [5.74, 6) is -0.256. The van der Waals surface area contributed by atoms with E-state index in [1.807, 2.05) is 19.9 Å². The van der Waals surface area contributed by atoms with E-state index in [9.17, 15) is 4.79 Å². The average Bonchev–Trinajstić information content (AvgIpc) is 2.64. The Labute approximate surface area is 167 Å². The molecule has 2 nitrogen and oxygen atoms in total. The van der Waals surface area contributed by atoms with Crippen LogP contribution in [0.5, 0.6) is 0 Å². The normalized spacial score (nSPS) is 12.9. The predicted molar refractivity (Wildman–Crippen MR) is 119 cm³/mol. The van der Waals surface area contributed by atoms with Crippen LogP contribution in [0.1, 0.15) is 85.0 Å². The van der Waals surface area contributed by atoms with Gasteiger partial charge in [0, 0.05) is 6.08 Å². The van der Waals surface area contributed by atoms with E-state index in [-0.39, 0.29) is 5.97 Å². The summed E-state index contributed by atoms with van der Waals surface area (Å²) in [7, 11) is 0. The highest BCUT2D eigenvalue weighted by Crippen LogP contribution is 2.09. The first-order valence-corrected chi connectivity index (χ1v) is 10.7. The lowest BCUT2D eigenvalue weighted by Gasteiger charge is -1.99. The Hall–Kier alpha value is -1.83. The Morgan fingerprint density at radius 2 is 1.30 bits per heavy atom. The van der Waals surface area contributed by atoms with Crippen LogP contribution < -0.4 is 0 Å². The van der Waals surface area contributed by atoms with Crippen LogP contribution in [0, 0.1) is 0 Å². The zero-order chi connectivity index (χ0) is 20.0. The van der Waals surface area contributed by atoms with Crippen LogP contribution in [0.25, 0.3) is 0 Å². The summed E-state index contributed by atoms with van der Waals surface area (Å²) in [5, 5.41) is 0. The molecule has 0 bridgehead atoms. The molecule has 0 aliphatic carbocycles. The van der Waals surface area contributed by atoms with Gasteiger partial charge in [0.05, 0.1) is 6.61 Å². The molecule has 0 fully saturated rings. The smallest absolute Gasteiger partial charge is 0.330 e. The molecule has 0 rings (SSSR count). The van der Waals surface area contributed by atoms with Crippen molar-refractivity contribution in [2.45, 2.75) is 85.0 Å². The average molecular weight is 373 g/mol. The topological polar surface area (TPSA) is 26.3 Å². The number of carbonyl (C=O) groups is 1. The quantitative estimate of drug-likeness (QED) is 0.0914. The van der Waals surface area contributed by atoms with Crippen molar-refractivity contribution in [1.82, 2.24) is 0 Å². The molecular formula is C25H40O2. The van der Waals surface area contributed by atoms with Crippen LogP contribution in [0.15, 0.2) is 60.3 Å². The molecule has 27 heavy (non-hydrogen) atoms. The molecule has 0 aliphatic rings. The van der Waals surface area contributed by atoms with E-state index in [4.69, 9.17) is 4.74 Å². The summed E-state index contributed by atoms with van der Waals surface area (Å²) in [4.78, 5) is 11.3. The maximum absolute atomic E-state index is 11.3. The third-order valence-electron chi connectivity index (χ3n) is 4.03. The molecule has 0 atom stereocenters. The molecule has 0 unspecified atom stereocenters. The van der Waals surface area contributed by atoms with Gasteiger partial charge >= 0.3 is 5.97 Å². The minimum absolute atomic E-state index is 0.256. The van der Waals surface area contributed by atoms with Gasteiger partial charge in [-0.2, -0.15) is 0 Å². The molecular weight excluding hydrogens is 332 g/mol. The second-order valence-electron chi connectivity index (χ2n) is 6.68. The lowest BCUT2D eigenvalue weighted by atomic mass is 10.1. The van der Waals surface area contributed by atoms with Crippen molar-refractivity contribution in [1.29, 1.82) is 0 Å². The van der Waals surface area contributed by atoms with Gasteiger partial charge in [-0.15, -0.1) is 0 Å². The first-order chi connectivity index (χ1) is 13.2. The molecule has 0 aromatic rings. The van der Waals surface area contributed by atoms with Gasteiger partial charge in [-0.05, 0) is 64.4 Å². The lowest BCUT2D eigenvalue weighted by Crippen LogP contribution is -1.99. The van der Waals surface area contributed by atoms with Gasteiger partial charge in [-0.25, -0.2) is 4.79 Å². The van der Waals surface area contributed by atoms with Gasteiger partial charge in [-0.1, -0.05) is 74.8 Å². The maximum atomic E-state index is 11.3. The Bertz CT molecular complexity index is 492. The van der Waals surface area contributed by atoms with Gasteiger partial charge in [-0.3, -0.25) is 0 Å². The van der Waals surface area contributed by atoms with Crippen molar-refractivity contribution in [2.75, 3.05) is 6.61 Å². The summed E-state index contributed by atoms with van der Waals surface area (Å²) >= 11 is 0. The lowest BCUT2D eigenvalue weighted by molar-refractivity contribution is -0.137. The van der Waals surface area contributed by atoms with Gasteiger partial charge in [0.15, 0.2) is 0 Å². The highest BCUT2D eigenvalue weighted by atomic mass is 16.5. The second kappa shape index (κ2) is 20.5. The molecule has 0 amide bonds. The van der Waals surface area contributed by atoms with E-state index in [2.05, 4.69) is 49.5 Å². The number of unbranched alkanes of at least 4 members (excludes halogenated alkanes) is 6. The number of esters is 1. The van der Waals surface area contributed by atoms with Crippen molar-refractivity contribution in [3.63, 3.8) is 0 Å². The zero-order valence-corrected chi connectivity index (χ0v) is 17.8. The number of ether oxygens (including phenoxy) is 1. The van der Waals surface area contributed by atoms with E-state index < -0.39 is 0 Å². The van der Waals surface area contributed by atoms with E-state index in [1.54, 1.807) is 6.08 Å². The van der Waals surface area contributed by atoms with Gasteiger partial charge in [0.2, 0.25) is 0 Å². The van der Waals surface area contributed by atoms with Crippen LogP contribution in [0.3, 0.4) is 0 Å². The summed E-state index contributed by atoms with van der Waals surface area (Å²) in [6.07, 6.45) is 31.1. The highest BCUT2D eigenvalue weighted by molar-refractivity contribution is 5.83. The predicted octanol–water partition coefficient (Wildman–Crippen LogP) is 7.64. The molecule has 0 saturated heterocycles. The maximum Gasteiger partial charge on any atom is 0.330 e. The first-order valence-electron chi connectivity index (χ1n) is 10.7. The standard InChI is InChI=1S/C25H40O2/c1-4-6-7-8-9-10-11-12-13-14-15-16-17-18-19-20-21-22-24(3)23-25(26)27-5-2/h6-7,9-10,12-13,21-23H,4-5,8,11,14-20H2,1-3H3/b7-6-,10-9-,13-12-,22-21+,24-23-. The van der Waals surface area contributed by atoms with Crippen LogP contribution in [0.2, 0.25) is 0 Å². The zero-order valence-electron chi connectivity index (χ0n) is 17.8. The third kappa shape index (κ3) is 20.3. The molecule has 0 heterocycles. The summed E-state index contributed by atoms with van der Waals surface area (Å²) < 4.78 is 4.89. The van der Waals surface area contributed by atoms with Crippen LogP contribution in [0.4, 0.5) is 0 Å². The van der Waals surface area contributed by atoms with Crippen LogP contribution in [-0.2, 0) is 9.53 Å². The fourth-order valence-corrected chi connectivity index (χ4v) is 2.57. The summed E-state index contributed by atoms with van der Waals surface area (Å²) in [6.45, 7) is 6.34. The molecule has 0 N–H and O–H groups in total. The van der Waals surface area contributed by atoms with E-state index in [1.165, 1.54) is 38.5 Å². The summed E-state index contributed by atoms with van der Waals surface area (Å²) in [5.41, 5.74) is 0.951. The molecule has 0 spiro atoms. The molecule has 0 saturated carbocycles. The molecule has 2 heteroatoms. The van der Waals surface area contributed by atoms with E-state index in [0.29, 0.717) is 6.61 Å². The second-order valence-corrected chi connectivity index (χ2v) is 6.68. The van der Waals surface area contributed by atoms with Gasteiger partial charge in [0.1, 0.15) is 0 Å². The first kappa shape index (κ1) is 25.2. The largest absolute Gasteiger partial charge is 0.463 e. The molecule has 0 aromatic carbocycles. The number of rotatable bonds is 16. The fourth-order valence-electron chi connectivity index (χ4n) is 2.57. The highest BCUT2D eigenvalue weighted by Gasteiger charge is 1.95. The third-order valence-corrected chi connectivity index (χ3v) is 4.03. The number of carbonyl (C=O) groups excluding carboxylic acids is 1. The minimum Gasteiger partial charge on any atom is -0.463 e. The Morgan fingerprint density at radius 1 is 0.741 bits per heavy atom. The minimum atomic E-state index is -0.256. The van der Waals surface area contributed by atoms with Crippen LogP contribution >= 0.6 is 0 Å². The van der Waals surface area contributed by atoms with Crippen molar-refractivity contribution >= 4 is 5.97 Å². The van der Waals surface area contributed by atoms with Gasteiger partial charge in [0.25, 0.3) is 0 Å². The number of hydrogen-bond donors (Lipinski definition) is 0. The number of allylic oxidation sites excluding steroid dienone is 9. The fraction of sp³-hybridized carbons (Fsp3) is 0.560. The monoisotopic (exact) mass is 372 g/mol. The molecule has 0 radical (unpaired) electrons. The Kier molecular flexibility index (Phi) is 19.1. The van der Waals surface area contributed by atoms with E-state index >= 15 is 0 Å². The van der Waals surface area contributed by atoms with Crippen LogP contribution in [-0.4, -0.2) is 12.6 Å². The molecule has 0 aromatic heterocycles. The van der Waals surface area contributed by atoms with E-state index in [0.717, 1.165) is 31.3 Å². The SMILES string of the molecule is CC/C=C\C/C=C\C/C=C\CCCCCCC/C=C/C(C)=C\C(=O)OCC. The summed E-state index contributed by atoms with van der Waals surface area (Å²) in [6, 6.07) is 0.